The van der Waals surface area contributed by atoms with Gasteiger partial charge in [0.25, 0.3) is 0 Å². The van der Waals surface area contributed by atoms with Crippen LogP contribution in [0.5, 0.6) is 0 Å². The van der Waals surface area contributed by atoms with Gasteiger partial charge in [-0.1, -0.05) is 30.4 Å². The number of hydrogen-bond donors (Lipinski definition) is 1. The highest BCUT2D eigenvalue weighted by molar-refractivity contribution is 7.80. The number of hydrogen-bond acceptors (Lipinski definition) is 4. The monoisotopic (exact) mass is 298 g/mol. The van der Waals surface area contributed by atoms with Crippen molar-refractivity contribution >= 4 is 28.7 Å². The lowest BCUT2D eigenvalue weighted by molar-refractivity contribution is 0.647. The van der Waals surface area contributed by atoms with E-state index in [4.69, 9.17) is 18.0 Å². The standard InChI is InChI=1S/C16H18N4S/c17-16(21)13-5-1-2-6-14(13)19-9-11-20(12-10-19)15-7-3-4-8-18-15/h1-8H,9-12H2,(H2,17,21). The van der Waals surface area contributed by atoms with Gasteiger partial charge in [0, 0.05) is 43.6 Å². The van der Waals surface area contributed by atoms with E-state index in [1.165, 1.54) is 0 Å². The molecule has 1 aromatic heterocycles. The van der Waals surface area contributed by atoms with Crippen LogP contribution in [0.15, 0.2) is 48.7 Å². The molecule has 0 atom stereocenters. The van der Waals surface area contributed by atoms with Gasteiger partial charge in [-0.2, -0.15) is 0 Å². The third kappa shape index (κ3) is 2.97. The Kier molecular flexibility index (Phi) is 4.01. The highest BCUT2D eigenvalue weighted by Crippen LogP contribution is 2.23. The minimum absolute atomic E-state index is 0.456. The second-order valence-electron chi connectivity index (χ2n) is 5.04. The number of thiocarbonyl (C=S) groups is 1. The first-order valence-electron chi connectivity index (χ1n) is 7.05. The lowest BCUT2D eigenvalue weighted by atomic mass is 10.1. The Bertz CT molecular complexity index is 621. The Hall–Kier alpha value is -2.14. The van der Waals surface area contributed by atoms with E-state index < -0.39 is 0 Å². The van der Waals surface area contributed by atoms with E-state index in [9.17, 15) is 0 Å². The molecule has 0 saturated carbocycles. The number of nitrogens with zero attached hydrogens (tertiary/aromatic N) is 3. The van der Waals surface area contributed by atoms with Crippen molar-refractivity contribution in [2.24, 2.45) is 5.73 Å². The molecule has 0 amide bonds. The van der Waals surface area contributed by atoms with Crippen molar-refractivity contribution in [3.05, 3.63) is 54.2 Å². The van der Waals surface area contributed by atoms with Crippen LogP contribution < -0.4 is 15.5 Å². The van der Waals surface area contributed by atoms with Gasteiger partial charge in [0.1, 0.15) is 10.8 Å². The topological polar surface area (TPSA) is 45.4 Å². The average Bonchev–Trinajstić information content (AvgIpc) is 2.56. The molecular formula is C16H18N4S. The quantitative estimate of drug-likeness (QED) is 0.879. The molecule has 4 nitrogen and oxygen atoms in total. The minimum Gasteiger partial charge on any atom is -0.389 e. The fourth-order valence-electron chi connectivity index (χ4n) is 2.68. The third-order valence-corrected chi connectivity index (χ3v) is 3.98. The number of benzene rings is 1. The first-order valence-corrected chi connectivity index (χ1v) is 7.46. The molecule has 0 unspecified atom stereocenters. The molecule has 5 heteroatoms. The fraction of sp³-hybridized carbons (Fsp3) is 0.250. The van der Waals surface area contributed by atoms with Crippen molar-refractivity contribution in [2.75, 3.05) is 36.0 Å². The molecule has 1 saturated heterocycles. The molecule has 0 bridgehead atoms. The Morgan fingerprint density at radius 1 is 0.952 bits per heavy atom. The van der Waals surface area contributed by atoms with Gasteiger partial charge in [0.05, 0.1) is 0 Å². The van der Waals surface area contributed by atoms with Crippen molar-refractivity contribution in [2.45, 2.75) is 0 Å². The van der Waals surface area contributed by atoms with Gasteiger partial charge in [0.15, 0.2) is 0 Å². The van der Waals surface area contributed by atoms with Crippen LogP contribution in [0.1, 0.15) is 5.56 Å². The first kappa shape index (κ1) is 13.8. The van der Waals surface area contributed by atoms with Crippen LogP contribution in [0.2, 0.25) is 0 Å². The molecule has 1 fully saturated rings. The summed E-state index contributed by atoms with van der Waals surface area (Å²) in [6.45, 7) is 3.78. The Balaban J connectivity index is 1.73. The van der Waals surface area contributed by atoms with E-state index in [2.05, 4.69) is 26.9 Å². The molecule has 1 aromatic carbocycles. The lowest BCUT2D eigenvalue weighted by Crippen LogP contribution is -2.47. The molecule has 21 heavy (non-hydrogen) atoms. The summed E-state index contributed by atoms with van der Waals surface area (Å²) in [4.78, 5) is 9.52. The van der Waals surface area contributed by atoms with Crippen molar-refractivity contribution in [3.8, 4) is 0 Å². The van der Waals surface area contributed by atoms with E-state index in [-0.39, 0.29) is 0 Å². The predicted molar refractivity (Wildman–Crippen MR) is 91.0 cm³/mol. The van der Waals surface area contributed by atoms with Crippen LogP contribution >= 0.6 is 12.2 Å². The third-order valence-electron chi connectivity index (χ3n) is 3.76. The molecule has 0 aliphatic carbocycles. The summed E-state index contributed by atoms with van der Waals surface area (Å²) in [6.07, 6.45) is 1.84. The zero-order valence-corrected chi connectivity index (χ0v) is 12.6. The van der Waals surface area contributed by atoms with Crippen LogP contribution in [-0.4, -0.2) is 36.2 Å². The van der Waals surface area contributed by atoms with E-state index in [1.807, 2.05) is 36.5 Å². The zero-order valence-electron chi connectivity index (χ0n) is 11.8. The van der Waals surface area contributed by atoms with Gasteiger partial charge in [-0.25, -0.2) is 4.98 Å². The molecule has 0 spiro atoms. The molecule has 1 aliphatic heterocycles. The highest BCUT2D eigenvalue weighted by Gasteiger charge is 2.20. The van der Waals surface area contributed by atoms with Crippen molar-refractivity contribution in [1.29, 1.82) is 0 Å². The number of anilines is 2. The van der Waals surface area contributed by atoms with Crippen LogP contribution in [0.3, 0.4) is 0 Å². The fourth-order valence-corrected chi connectivity index (χ4v) is 2.85. The van der Waals surface area contributed by atoms with Gasteiger partial charge in [0.2, 0.25) is 0 Å². The maximum Gasteiger partial charge on any atom is 0.128 e. The smallest absolute Gasteiger partial charge is 0.128 e. The summed E-state index contributed by atoms with van der Waals surface area (Å²) in [5.41, 5.74) is 7.91. The zero-order chi connectivity index (χ0) is 14.7. The van der Waals surface area contributed by atoms with Gasteiger partial charge < -0.3 is 15.5 Å². The van der Waals surface area contributed by atoms with E-state index in [0.29, 0.717) is 4.99 Å². The number of aromatic nitrogens is 1. The number of nitrogens with two attached hydrogens (primary N) is 1. The summed E-state index contributed by atoms with van der Waals surface area (Å²) in [5, 5.41) is 0. The lowest BCUT2D eigenvalue weighted by Gasteiger charge is -2.37. The summed E-state index contributed by atoms with van der Waals surface area (Å²) < 4.78 is 0. The van der Waals surface area contributed by atoms with E-state index in [0.717, 1.165) is 43.2 Å². The largest absolute Gasteiger partial charge is 0.389 e. The summed E-state index contributed by atoms with van der Waals surface area (Å²) >= 11 is 5.15. The van der Waals surface area contributed by atoms with E-state index >= 15 is 0 Å². The molecular weight excluding hydrogens is 280 g/mol. The van der Waals surface area contributed by atoms with Gasteiger partial charge >= 0.3 is 0 Å². The van der Waals surface area contributed by atoms with Crippen LogP contribution in [0.4, 0.5) is 11.5 Å². The van der Waals surface area contributed by atoms with Gasteiger partial charge in [-0.15, -0.1) is 0 Å². The second-order valence-corrected chi connectivity index (χ2v) is 5.48. The summed E-state index contributed by atoms with van der Waals surface area (Å²) in [7, 11) is 0. The molecule has 2 heterocycles. The normalized spacial score (nSPS) is 15.0. The van der Waals surface area contributed by atoms with Gasteiger partial charge in [-0.05, 0) is 24.3 Å². The molecule has 1 aliphatic rings. The number of pyridine rings is 1. The van der Waals surface area contributed by atoms with Crippen LogP contribution in [0, 0.1) is 0 Å². The average molecular weight is 298 g/mol. The predicted octanol–water partition coefficient (Wildman–Crippen LogP) is 2.04. The summed E-state index contributed by atoms with van der Waals surface area (Å²) in [5.74, 6) is 1.04. The van der Waals surface area contributed by atoms with Crippen LogP contribution in [-0.2, 0) is 0 Å². The highest BCUT2D eigenvalue weighted by atomic mass is 32.1. The Morgan fingerprint density at radius 3 is 2.29 bits per heavy atom. The second kappa shape index (κ2) is 6.10. The Labute approximate surface area is 130 Å². The maximum atomic E-state index is 5.82. The molecule has 2 aromatic rings. The number of piperazine rings is 1. The molecule has 2 N–H and O–H groups in total. The number of para-hydroxylation sites is 1. The maximum absolute atomic E-state index is 5.82. The van der Waals surface area contributed by atoms with Crippen molar-refractivity contribution in [1.82, 2.24) is 4.98 Å². The number of rotatable bonds is 3. The first-order chi connectivity index (χ1) is 10.3. The Morgan fingerprint density at radius 2 is 1.62 bits per heavy atom. The van der Waals surface area contributed by atoms with E-state index in [1.54, 1.807) is 0 Å². The van der Waals surface area contributed by atoms with Gasteiger partial charge in [-0.3, -0.25) is 0 Å². The van der Waals surface area contributed by atoms with Crippen molar-refractivity contribution < 1.29 is 0 Å². The molecule has 108 valence electrons. The SMILES string of the molecule is NC(=S)c1ccccc1N1CCN(c2ccccn2)CC1. The van der Waals surface area contributed by atoms with Crippen LogP contribution in [0.25, 0.3) is 0 Å². The van der Waals surface area contributed by atoms with Crippen molar-refractivity contribution in [3.63, 3.8) is 0 Å². The summed E-state index contributed by atoms with van der Waals surface area (Å²) in [6, 6.07) is 14.1. The molecule has 3 rings (SSSR count). The molecule has 0 radical (unpaired) electrons. The minimum atomic E-state index is 0.456.